The van der Waals surface area contributed by atoms with Gasteiger partial charge in [0, 0.05) is 18.0 Å². The highest BCUT2D eigenvalue weighted by molar-refractivity contribution is 5.46. The molecule has 0 fully saturated rings. The first kappa shape index (κ1) is 11.4. The van der Waals surface area contributed by atoms with Crippen LogP contribution >= 0.6 is 0 Å². The first-order valence-corrected chi connectivity index (χ1v) is 5.42. The Labute approximate surface area is 101 Å². The highest BCUT2D eigenvalue weighted by Crippen LogP contribution is 2.30. The van der Waals surface area contributed by atoms with Crippen molar-refractivity contribution in [3.8, 4) is 11.5 Å². The highest BCUT2D eigenvalue weighted by atomic mass is 16.5. The molecule has 1 aromatic carbocycles. The number of benzene rings is 1. The predicted molar refractivity (Wildman–Crippen MR) is 67.0 cm³/mol. The minimum Gasteiger partial charge on any atom is -0.493 e. The minimum atomic E-state index is 0.676. The maximum absolute atomic E-state index is 5.36. The molecule has 2 aromatic rings. The first-order chi connectivity index (χ1) is 8.35. The topological polar surface area (TPSA) is 35.4 Å². The fraction of sp³-hybridized carbons (Fsp3) is 0.231. The summed E-state index contributed by atoms with van der Waals surface area (Å²) in [6.07, 6.45) is 3.90. The molecule has 1 N–H and O–H groups in total. The number of hydrogen-bond acceptors (Lipinski definition) is 3. The van der Waals surface area contributed by atoms with Crippen LogP contribution in [0.5, 0.6) is 11.5 Å². The lowest BCUT2D eigenvalue weighted by Crippen LogP contribution is -2.12. The molecule has 0 aliphatic rings. The first-order valence-electron chi connectivity index (χ1n) is 5.42. The minimum absolute atomic E-state index is 0.676. The molecule has 1 aromatic heterocycles. The zero-order valence-electron chi connectivity index (χ0n) is 10.0. The number of nitrogens with one attached hydrogen (secondary N) is 1. The van der Waals surface area contributed by atoms with Crippen molar-refractivity contribution >= 4 is 0 Å². The Kier molecular flexibility index (Phi) is 3.55. The molecule has 4 heteroatoms. The molecule has 0 amide bonds. The molecule has 0 unspecified atom stereocenters. The fourth-order valence-electron chi connectivity index (χ4n) is 1.71. The molecular formula is C13H16N2O2. The molecule has 0 aliphatic heterocycles. The van der Waals surface area contributed by atoms with Crippen LogP contribution in [0.25, 0.3) is 0 Å². The SMILES string of the molecule is COc1cccc(CNn2cccc2)c1OC. The maximum atomic E-state index is 5.36. The van der Waals surface area contributed by atoms with E-state index < -0.39 is 0 Å². The second kappa shape index (κ2) is 5.30. The van der Waals surface area contributed by atoms with Gasteiger partial charge < -0.3 is 14.9 Å². The van der Waals surface area contributed by atoms with Crippen molar-refractivity contribution in [1.82, 2.24) is 4.68 Å². The average molecular weight is 232 g/mol. The summed E-state index contributed by atoms with van der Waals surface area (Å²) in [6, 6.07) is 9.79. The van der Waals surface area contributed by atoms with E-state index in [0.717, 1.165) is 17.1 Å². The molecule has 0 bridgehead atoms. The summed E-state index contributed by atoms with van der Waals surface area (Å²) in [6.45, 7) is 0.676. The molecule has 0 saturated carbocycles. The van der Waals surface area contributed by atoms with Gasteiger partial charge in [0.25, 0.3) is 0 Å². The predicted octanol–water partition coefficient (Wildman–Crippen LogP) is 2.25. The second-order valence-corrected chi connectivity index (χ2v) is 3.58. The lowest BCUT2D eigenvalue weighted by Gasteiger charge is -2.14. The third-order valence-corrected chi connectivity index (χ3v) is 2.54. The molecule has 17 heavy (non-hydrogen) atoms. The van der Waals surface area contributed by atoms with E-state index in [2.05, 4.69) is 5.43 Å². The third kappa shape index (κ3) is 2.53. The Bertz CT molecular complexity index is 466. The highest BCUT2D eigenvalue weighted by Gasteiger charge is 2.08. The molecule has 2 rings (SSSR count). The van der Waals surface area contributed by atoms with Crippen molar-refractivity contribution in [3.05, 3.63) is 48.3 Å². The average Bonchev–Trinajstić information content (AvgIpc) is 2.88. The van der Waals surface area contributed by atoms with Crippen LogP contribution < -0.4 is 14.9 Å². The van der Waals surface area contributed by atoms with Crippen molar-refractivity contribution < 1.29 is 9.47 Å². The van der Waals surface area contributed by atoms with Crippen LogP contribution in [0.15, 0.2) is 42.7 Å². The van der Waals surface area contributed by atoms with Gasteiger partial charge in [0.15, 0.2) is 11.5 Å². The van der Waals surface area contributed by atoms with Crippen molar-refractivity contribution in [1.29, 1.82) is 0 Å². The number of hydrogen-bond donors (Lipinski definition) is 1. The smallest absolute Gasteiger partial charge is 0.165 e. The summed E-state index contributed by atoms with van der Waals surface area (Å²) in [7, 11) is 3.29. The van der Waals surface area contributed by atoms with Gasteiger partial charge in [-0.2, -0.15) is 0 Å². The number of aromatic nitrogens is 1. The zero-order valence-corrected chi connectivity index (χ0v) is 10.0. The van der Waals surface area contributed by atoms with Gasteiger partial charge in [-0.1, -0.05) is 12.1 Å². The molecule has 0 aliphatic carbocycles. The Morgan fingerprint density at radius 1 is 1.06 bits per heavy atom. The van der Waals surface area contributed by atoms with Crippen molar-refractivity contribution in [2.45, 2.75) is 6.54 Å². The van der Waals surface area contributed by atoms with E-state index in [1.165, 1.54) is 0 Å². The van der Waals surface area contributed by atoms with E-state index in [0.29, 0.717) is 6.54 Å². The lowest BCUT2D eigenvalue weighted by molar-refractivity contribution is 0.352. The fourth-order valence-corrected chi connectivity index (χ4v) is 1.71. The Morgan fingerprint density at radius 2 is 1.82 bits per heavy atom. The standard InChI is InChI=1S/C13H16N2O2/c1-16-12-7-5-6-11(13(12)17-2)10-14-15-8-3-4-9-15/h3-9,14H,10H2,1-2H3. The van der Waals surface area contributed by atoms with Crippen molar-refractivity contribution in [3.63, 3.8) is 0 Å². The Balaban J connectivity index is 2.14. The lowest BCUT2D eigenvalue weighted by atomic mass is 10.2. The molecule has 1 heterocycles. The molecule has 0 saturated heterocycles. The van der Waals surface area contributed by atoms with Gasteiger partial charge in [0.05, 0.1) is 20.8 Å². The normalized spacial score (nSPS) is 10.0. The van der Waals surface area contributed by atoms with E-state index in [1.54, 1.807) is 14.2 Å². The quantitative estimate of drug-likeness (QED) is 0.858. The van der Waals surface area contributed by atoms with Crippen LogP contribution in [0.1, 0.15) is 5.56 Å². The van der Waals surface area contributed by atoms with Gasteiger partial charge in [-0.05, 0) is 18.2 Å². The van der Waals surface area contributed by atoms with Crippen LogP contribution in [0.3, 0.4) is 0 Å². The number of methoxy groups -OCH3 is 2. The van der Waals surface area contributed by atoms with Crippen LogP contribution in [0.4, 0.5) is 0 Å². The summed E-state index contributed by atoms with van der Waals surface area (Å²) in [5.74, 6) is 1.52. The number of para-hydroxylation sites is 1. The summed E-state index contributed by atoms with van der Waals surface area (Å²) >= 11 is 0. The van der Waals surface area contributed by atoms with Gasteiger partial charge in [0.1, 0.15) is 0 Å². The van der Waals surface area contributed by atoms with E-state index in [-0.39, 0.29) is 0 Å². The van der Waals surface area contributed by atoms with Gasteiger partial charge in [-0.25, -0.2) is 0 Å². The maximum Gasteiger partial charge on any atom is 0.165 e. The van der Waals surface area contributed by atoms with Crippen LogP contribution in [-0.2, 0) is 6.54 Å². The number of ether oxygens (including phenoxy) is 2. The summed E-state index contributed by atoms with van der Waals surface area (Å²) in [5.41, 5.74) is 4.30. The van der Waals surface area contributed by atoms with Crippen LogP contribution in [0, 0.1) is 0 Å². The number of rotatable bonds is 5. The van der Waals surface area contributed by atoms with E-state index in [4.69, 9.17) is 9.47 Å². The van der Waals surface area contributed by atoms with Gasteiger partial charge >= 0.3 is 0 Å². The molecular weight excluding hydrogens is 216 g/mol. The zero-order chi connectivity index (χ0) is 12.1. The summed E-state index contributed by atoms with van der Waals surface area (Å²) in [4.78, 5) is 0. The van der Waals surface area contributed by atoms with Crippen LogP contribution in [0.2, 0.25) is 0 Å². The van der Waals surface area contributed by atoms with Gasteiger partial charge in [-0.3, -0.25) is 4.68 Å². The van der Waals surface area contributed by atoms with E-state index in [9.17, 15) is 0 Å². The molecule has 90 valence electrons. The largest absolute Gasteiger partial charge is 0.493 e. The van der Waals surface area contributed by atoms with Crippen LogP contribution in [-0.4, -0.2) is 18.9 Å². The molecule has 0 atom stereocenters. The third-order valence-electron chi connectivity index (χ3n) is 2.54. The molecule has 0 spiro atoms. The Hall–Kier alpha value is -2.10. The monoisotopic (exact) mass is 232 g/mol. The molecule has 0 radical (unpaired) electrons. The summed E-state index contributed by atoms with van der Waals surface area (Å²) in [5, 5.41) is 0. The second-order valence-electron chi connectivity index (χ2n) is 3.58. The van der Waals surface area contributed by atoms with Crippen molar-refractivity contribution in [2.75, 3.05) is 19.6 Å². The van der Waals surface area contributed by atoms with Gasteiger partial charge in [-0.15, -0.1) is 0 Å². The van der Waals surface area contributed by atoms with Crippen molar-refractivity contribution in [2.24, 2.45) is 0 Å². The van der Waals surface area contributed by atoms with Gasteiger partial charge in [0.2, 0.25) is 0 Å². The van der Waals surface area contributed by atoms with E-state index >= 15 is 0 Å². The number of nitrogens with zero attached hydrogens (tertiary/aromatic N) is 1. The summed E-state index contributed by atoms with van der Waals surface area (Å²) < 4.78 is 12.5. The Morgan fingerprint density at radius 3 is 2.47 bits per heavy atom. The molecule has 4 nitrogen and oxygen atoms in total. The van der Waals surface area contributed by atoms with E-state index in [1.807, 2.05) is 47.4 Å².